The molecular formula is C25H29N3O3S2. The van der Waals surface area contributed by atoms with Crippen molar-refractivity contribution in [1.29, 1.82) is 0 Å². The summed E-state index contributed by atoms with van der Waals surface area (Å²) in [5, 5.41) is 4.46. The molecule has 1 fully saturated rings. The molecular weight excluding hydrogens is 454 g/mol. The van der Waals surface area contributed by atoms with Gasteiger partial charge in [-0.15, -0.1) is 0 Å². The monoisotopic (exact) mass is 483 g/mol. The Morgan fingerprint density at radius 1 is 1.03 bits per heavy atom. The first-order valence-electron chi connectivity index (χ1n) is 11.1. The molecule has 174 valence electrons. The molecule has 3 aromatic rings. The number of carbonyl (C=O) groups is 1. The third-order valence-corrected chi connectivity index (χ3v) is 8.85. The number of fused-ring (bicyclic) bond motifs is 1. The quantitative estimate of drug-likeness (QED) is 0.496. The Bertz CT molecular complexity index is 1300. The Hall–Kier alpha value is -2.42. The molecule has 2 aromatic carbocycles. The number of aromatic nitrogens is 1. The standard InChI is InChI=1S/C25H29N3O3S2/c1-16-13-18(3)24-22(14-16)17(2)15-23(27-24)32-19(4)25(29)26-20-7-9-21(10-8-20)33(30,31)28-11-5-6-12-28/h7-10,13-15,19H,5-6,11-12H2,1-4H3,(H,26,29). The summed E-state index contributed by atoms with van der Waals surface area (Å²) in [6.07, 6.45) is 1.79. The van der Waals surface area contributed by atoms with Crippen molar-refractivity contribution in [3.8, 4) is 0 Å². The van der Waals surface area contributed by atoms with Crippen LogP contribution in [0.3, 0.4) is 0 Å². The Labute approximate surface area is 199 Å². The van der Waals surface area contributed by atoms with Gasteiger partial charge < -0.3 is 5.32 Å². The SMILES string of the molecule is Cc1cc(C)c2nc(SC(C)C(=O)Nc3ccc(S(=O)(=O)N4CCCC4)cc3)cc(C)c2c1. The topological polar surface area (TPSA) is 79.4 Å². The summed E-state index contributed by atoms with van der Waals surface area (Å²) in [5.74, 6) is -0.157. The van der Waals surface area contributed by atoms with Crippen LogP contribution in [-0.2, 0) is 14.8 Å². The van der Waals surface area contributed by atoms with Crippen LogP contribution in [-0.4, -0.2) is 42.0 Å². The minimum atomic E-state index is -3.46. The van der Waals surface area contributed by atoms with Gasteiger partial charge in [0.15, 0.2) is 0 Å². The maximum Gasteiger partial charge on any atom is 0.243 e. The fourth-order valence-corrected chi connectivity index (χ4v) is 6.58. The lowest BCUT2D eigenvalue weighted by molar-refractivity contribution is -0.115. The molecule has 1 aliphatic heterocycles. The van der Waals surface area contributed by atoms with Crippen molar-refractivity contribution in [2.24, 2.45) is 0 Å². The molecule has 0 saturated carbocycles. The van der Waals surface area contributed by atoms with E-state index < -0.39 is 10.0 Å². The molecule has 1 atom stereocenters. The van der Waals surface area contributed by atoms with Crippen LogP contribution in [0.15, 0.2) is 52.4 Å². The molecule has 0 spiro atoms. The number of hydrogen-bond donors (Lipinski definition) is 1. The van der Waals surface area contributed by atoms with Crippen molar-refractivity contribution < 1.29 is 13.2 Å². The molecule has 1 saturated heterocycles. The van der Waals surface area contributed by atoms with Crippen molar-refractivity contribution in [3.63, 3.8) is 0 Å². The summed E-state index contributed by atoms with van der Waals surface area (Å²) in [6, 6.07) is 12.7. The molecule has 33 heavy (non-hydrogen) atoms. The number of hydrogen-bond acceptors (Lipinski definition) is 5. The summed E-state index contributed by atoms with van der Waals surface area (Å²) in [7, 11) is -3.46. The van der Waals surface area contributed by atoms with E-state index in [9.17, 15) is 13.2 Å². The maximum atomic E-state index is 12.8. The van der Waals surface area contributed by atoms with Crippen LogP contribution in [0, 0.1) is 20.8 Å². The molecule has 0 bridgehead atoms. The molecule has 1 aliphatic rings. The van der Waals surface area contributed by atoms with Gasteiger partial charge in [-0.3, -0.25) is 4.79 Å². The van der Waals surface area contributed by atoms with Crippen LogP contribution in [0.1, 0.15) is 36.5 Å². The van der Waals surface area contributed by atoms with Gasteiger partial charge in [0.25, 0.3) is 0 Å². The normalized spacial score (nSPS) is 15.6. The van der Waals surface area contributed by atoms with Crippen molar-refractivity contribution in [2.75, 3.05) is 18.4 Å². The van der Waals surface area contributed by atoms with E-state index in [2.05, 4.69) is 38.2 Å². The number of amides is 1. The maximum absolute atomic E-state index is 12.8. The van der Waals surface area contributed by atoms with Crippen LogP contribution >= 0.6 is 11.8 Å². The number of carbonyl (C=O) groups excluding carboxylic acids is 1. The van der Waals surface area contributed by atoms with Gasteiger partial charge in [-0.05, 0) is 88.1 Å². The number of aryl methyl sites for hydroxylation is 3. The van der Waals surface area contributed by atoms with Crippen molar-refractivity contribution in [2.45, 2.75) is 55.7 Å². The van der Waals surface area contributed by atoms with Crippen LogP contribution in [0.4, 0.5) is 5.69 Å². The van der Waals surface area contributed by atoms with Crippen molar-refractivity contribution >= 4 is 44.3 Å². The lowest BCUT2D eigenvalue weighted by atomic mass is 10.0. The first-order chi connectivity index (χ1) is 15.6. The second kappa shape index (κ2) is 9.44. The number of benzene rings is 2. The molecule has 1 aromatic heterocycles. The van der Waals surface area contributed by atoms with Gasteiger partial charge in [0.2, 0.25) is 15.9 Å². The highest BCUT2D eigenvalue weighted by Crippen LogP contribution is 2.29. The molecule has 1 unspecified atom stereocenters. The Morgan fingerprint density at radius 2 is 1.70 bits per heavy atom. The van der Waals surface area contributed by atoms with E-state index in [0.717, 1.165) is 39.9 Å². The molecule has 1 N–H and O–H groups in total. The fraction of sp³-hybridized carbons (Fsp3) is 0.360. The summed E-state index contributed by atoms with van der Waals surface area (Å²) in [5.41, 5.74) is 5.00. The molecule has 4 rings (SSSR count). The van der Waals surface area contributed by atoms with Gasteiger partial charge in [-0.1, -0.05) is 23.4 Å². The average molecular weight is 484 g/mol. The molecule has 6 nitrogen and oxygen atoms in total. The number of sulfonamides is 1. The number of nitrogens with one attached hydrogen (secondary N) is 1. The van der Waals surface area contributed by atoms with Crippen molar-refractivity contribution in [3.05, 3.63) is 59.2 Å². The first kappa shape index (κ1) is 23.7. The van der Waals surface area contributed by atoms with Gasteiger partial charge in [0, 0.05) is 24.2 Å². The second-order valence-corrected chi connectivity index (χ2v) is 11.9. The minimum absolute atomic E-state index is 0.157. The zero-order valence-corrected chi connectivity index (χ0v) is 21.0. The van der Waals surface area contributed by atoms with Crippen LogP contribution in [0.2, 0.25) is 0 Å². The van der Waals surface area contributed by atoms with Gasteiger partial charge in [0.05, 0.1) is 20.7 Å². The highest BCUT2D eigenvalue weighted by molar-refractivity contribution is 8.00. The Morgan fingerprint density at radius 3 is 2.36 bits per heavy atom. The summed E-state index contributed by atoms with van der Waals surface area (Å²) < 4.78 is 26.9. The Kier molecular flexibility index (Phi) is 6.79. The zero-order valence-electron chi connectivity index (χ0n) is 19.4. The molecule has 8 heteroatoms. The van der Waals surface area contributed by atoms with Crippen LogP contribution in [0.5, 0.6) is 0 Å². The predicted molar refractivity (Wildman–Crippen MR) is 134 cm³/mol. The van der Waals surface area contributed by atoms with Gasteiger partial charge >= 0.3 is 0 Å². The van der Waals surface area contributed by atoms with E-state index in [1.54, 1.807) is 24.3 Å². The number of pyridine rings is 1. The molecule has 0 aliphatic carbocycles. The minimum Gasteiger partial charge on any atom is -0.325 e. The van der Waals surface area contributed by atoms with Crippen LogP contribution < -0.4 is 5.32 Å². The van der Waals surface area contributed by atoms with Crippen LogP contribution in [0.25, 0.3) is 10.9 Å². The fourth-order valence-electron chi connectivity index (χ4n) is 4.14. The predicted octanol–water partition coefficient (Wildman–Crippen LogP) is 5.06. The number of thioether (sulfide) groups is 1. The molecule has 0 radical (unpaired) electrons. The average Bonchev–Trinajstić information content (AvgIpc) is 3.31. The summed E-state index contributed by atoms with van der Waals surface area (Å²) in [4.78, 5) is 17.8. The third-order valence-electron chi connectivity index (χ3n) is 5.92. The first-order valence-corrected chi connectivity index (χ1v) is 13.4. The molecule has 1 amide bonds. The smallest absolute Gasteiger partial charge is 0.243 e. The van der Waals surface area contributed by atoms with E-state index in [-0.39, 0.29) is 16.1 Å². The summed E-state index contributed by atoms with van der Waals surface area (Å²) >= 11 is 1.41. The number of rotatable bonds is 6. The third kappa shape index (κ3) is 5.08. The van der Waals surface area contributed by atoms with E-state index in [4.69, 9.17) is 4.98 Å². The Balaban J connectivity index is 1.45. The second-order valence-electron chi connectivity index (χ2n) is 8.64. The highest BCUT2D eigenvalue weighted by Gasteiger charge is 2.27. The zero-order chi connectivity index (χ0) is 23.8. The van der Waals surface area contributed by atoms with Crippen molar-refractivity contribution in [1.82, 2.24) is 9.29 Å². The van der Waals surface area contributed by atoms with E-state index in [1.807, 2.05) is 13.0 Å². The van der Waals surface area contributed by atoms with Gasteiger partial charge in [-0.2, -0.15) is 4.31 Å². The van der Waals surface area contributed by atoms with E-state index >= 15 is 0 Å². The largest absolute Gasteiger partial charge is 0.325 e. The lowest BCUT2D eigenvalue weighted by Gasteiger charge is -2.16. The highest BCUT2D eigenvalue weighted by atomic mass is 32.2. The van der Waals surface area contributed by atoms with Gasteiger partial charge in [0.1, 0.15) is 0 Å². The molecule has 2 heterocycles. The van der Waals surface area contributed by atoms with Gasteiger partial charge in [-0.25, -0.2) is 13.4 Å². The number of nitrogens with zero attached hydrogens (tertiary/aromatic N) is 2. The van der Waals surface area contributed by atoms with E-state index in [0.29, 0.717) is 18.8 Å². The van der Waals surface area contributed by atoms with E-state index in [1.165, 1.54) is 21.6 Å². The lowest BCUT2D eigenvalue weighted by Crippen LogP contribution is -2.27. The number of anilines is 1. The summed E-state index contributed by atoms with van der Waals surface area (Å²) in [6.45, 7) is 9.17.